The Balaban J connectivity index is 0.918. The zero-order chi connectivity index (χ0) is 34.5. The summed E-state index contributed by atoms with van der Waals surface area (Å²) in [6.45, 7) is 8.56. The molecule has 0 saturated carbocycles. The van der Waals surface area contributed by atoms with Gasteiger partial charge in [0.15, 0.2) is 5.82 Å². The second kappa shape index (κ2) is 13.1. The molecular weight excluding hydrogens is 668 g/mol. The van der Waals surface area contributed by atoms with Crippen molar-refractivity contribution >= 4 is 52.0 Å². The van der Waals surface area contributed by atoms with E-state index < -0.39 is 6.04 Å². The standard InChI is InChI=1S/C38H37ClN8O2S/c1-21-22(2)50-38-35(21)36(25-4-8-29(39)9-5-25)43-31(37-45-44-23(3)47(37)38)18-33(48)41-19-24-12-14-46(15-13-24)32-11-7-27(20-40-32)26-6-10-30-28(16-26)17-34(49)42-30/h4-11,16,20,24,31H,12-15,17-19H2,1-3H3,(H,41,48)(H,42,49). The van der Waals surface area contributed by atoms with Crippen LogP contribution in [0.4, 0.5) is 11.5 Å². The maximum Gasteiger partial charge on any atom is 0.228 e. The van der Waals surface area contributed by atoms with E-state index in [4.69, 9.17) is 21.6 Å². The molecule has 0 bridgehead atoms. The number of rotatable bonds is 7. The van der Waals surface area contributed by atoms with E-state index in [1.165, 1.54) is 4.88 Å². The Morgan fingerprint density at radius 2 is 1.76 bits per heavy atom. The van der Waals surface area contributed by atoms with E-state index in [-0.39, 0.29) is 18.2 Å². The highest BCUT2D eigenvalue weighted by Crippen LogP contribution is 2.40. The summed E-state index contributed by atoms with van der Waals surface area (Å²) >= 11 is 7.95. The molecule has 2 amide bonds. The molecule has 6 heterocycles. The molecule has 1 unspecified atom stereocenters. The van der Waals surface area contributed by atoms with Crippen molar-refractivity contribution in [3.63, 3.8) is 0 Å². The molecule has 2 aromatic carbocycles. The summed E-state index contributed by atoms with van der Waals surface area (Å²) in [5.74, 6) is 2.77. The van der Waals surface area contributed by atoms with Crippen molar-refractivity contribution in [2.24, 2.45) is 10.9 Å². The lowest BCUT2D eigenvalue weighted by Crippen LogP contribution is -2.39. The van der Waals surface area contributed by atoms with Crippen molar-refractivity contribution in [1.29, 1.82) is 0 Å². The monoisotopic (exact) mass is 704 g/mol. The number of aromatic nitrogens is 4. The quantitative estimate of drug-likeness (QED) is 0.193. The molecule has 1 saturated heterocycles. The second-order valence-electron chi connectivity index (χ2n) is 13.3. The maximum absolute atomic E-state index is 13.5. The third-order valence-electron chi connectivity index (χ3n) is 10.1. The van der Waals surface area contributed by atoms with Crippen LogP contribution >= 0.6 is 22.9 Å². The molecule has 3 aliphatic heterocycles. The van der Waals surface area contributed by atoms with E-state index in [2.05, 4.69) is 62.3 Å². The number of carbonyl (C=O) groups is 2. The minimum Gasteiger partial charge on any atom is -0.357 e. The number of fused-ring (bicyclic) bond motifs is 4. The van der Waals surface area contributed by atoms with Gasteiger partial charge in [0.25, 0.3) is 0 Å². The summed E-state index contributed by atoms with van der Waals surface area (Å²) in [7, 11) is 0. The molecule has 1 atom stereocenters. The van der Waals surface area contributed by atoms with Gasteiger partial charge in [-0.05, 0) is 92.6 Å². The van der Waals surface area contributed by atoms with Crippen LogP contribution in [0.15, 0.2) is 65.8 Å². The van der Waals surface area contributed by atoms with Gasteiger partial charge in [-0.1, -0.05) is 29.8 Å². The van der Waals surface area contributed by atoms with Crippen LogP contribution < -0.4 is 15.5 Å². The van der Waals surface area contributed by atoms with Crippen molar-refractivity contribution in [1.82, 2.24) is 25.1 Å². The minimum atomic E-state index is -0.493. The Hall–Kier alpha value is -4.87. The van der Waals surface area contributed by atoms with Crippen LogP contribution in [0, 0.1) is 26.7 Å². The molecule has 50 heavy (non-hydrogen) atoms. The summed E-state index contributed by atoms with van der Waals surface area (Å²) in [4.78, 5) is 38.8. The SMILES string of the molecule is Cc1sc2c(c1C)C(c1ccc(Cl)cc1)=NC(CC(=O)NCC1CCN(c3ccc(-c4ccc5c(c4)CC(=O)N5)cn3)CC1)c1nnc(C)n1-2. The third kappa shape index (κ3) is 6.09. The number of amides is 2. The predicted octanol–water partition coefficient (Wildman–Crippen LogP) is 6.78. The number of thiophene rings is 1. The number of hydrogen-bond acceptors (Lipinski definition) is 8. The number of nitrogens with one attached hydrogen (secondary N) is 2. The highest BCUT2D eigenvalue weighted by molar-refractivity contribution is 7.15. The number of aliphatic imine (C=N–C) groups is 1. The Labute approximate surface area is 299 Å². The summed E-state index contributed by atoms with van der Waals surface area (Å²) in [5.41, 5.74) is 8.01. The lowest BCUT2D eigenvalue weighted by atomic mass is 9.96. The fourth-order valence-corrected chi connectivity index (χ4v) is 8.50. The number of anilines is 2. The van der Waals surface area contributed by atoms with E-state index in [0.29, 0.717) is 29.7 Å². The Bertz CT molecular complexity index is 2150. The number of nitrogens with zero attached hydrogens (tertiary/aromatic N) is 6. The molecule has 1 fully saturated rings. The maximum atomic E-state index is 13.5. The van der Waals surface area contributed by atoms with Gasteiger partial charge in [0.2, 0.25) is 11.8 Å². The Kier molecular flexibility index (Phi) is 8.48. The van der Waals surface area contributed by atoms with Crippen molar-refractivity contribution in [2.75, 3.05) is 29.9 Å². The van der Waals surface area contributed by atoms with Crippen LogP contribution in [-0.4, -0.2) is 56.9 Å². The average molecular weight is 705 g/mol. The Morgan fingerprint density at radius 1 is 1.00 bits per heavy atom. The second-order valence-corrected chi connectivity index (χ2v) is 15.0. The van der Waals surface area contributed by atoms with Gasteiger partial charge >= 0.3 is 0 Å². The summed E-state index contributed by atoms with van der Waals surface area (Å²) < 4.78 is 2.08. The summed E-state index contributed by atoms with van der Waals surface area (Å²) in [6, 6.07) is 17.4. The average Bonchev–Trinajstić information content (AvgIpc) is 3.76. The first kappa shape index (κ1) is 32.3. The first-order chi connectivity index (χ1) is 24.2. The van der Waals surface area contributed by atoms with Gasteiger partial charge in [0.05, 0.1) is 18.6 Å². The van der Waals surface area contributed by atoms with E-state index in [0.717, 1.165) is 87.4 Å². The summed E-state index contributed by atoms with van der Waals surface area (Å²) in [5, 5.41) is 16.7. The van der Waals surface area contributed by atoms with Gasteiger partial charge < -0.3 is 15.5 Å². The summed E-state index contributed by atoms with van der Waals surface area (Å²) in [6.07, 6.45) is 4.43. The first-order valence-electron chi connectivity index (χ1n) is 17.0. The number of benzene rings is 2. The van der Waals surface area contributed by atoms with Crippen LogP contribution in [0.5, 0.6) is 0 Å². The van der Waals surface area contributed by atoms with Gasteiger partial charge in [-0.3, -0.25) is 19.1 Å². The van der Waals surface area contributed by atoms with Gasteiger partial charge in [-0.2, -0.15) is 0 Å². The minimum absolute atomic E-state index is 0.0364. The molecule has 254 valence electrons. The lowest BCUT2D eigenvalue weighted by Gasteiger charge is -2.33. The molecule has 3 aliphatic rings. The molecule has 0 spiro atoms. The number of aryl methyl sites for hydroxylation is 2. The molecule has 0 aliphatic carbocycles. The van der Waals surface area contributed by atoms with Crippen LogP contribution in [-0.2, 0) is 16.0 Å². The Morgan fingerprint density at radius 3 is 2.52 bits per heavy atom. The van der Waals surface area contributed by atoms with E-state index in [1.807, 2.05) is 49.5 Å². The largest absolute Gasteiger partial charge is 0.357 e. The van der Waals surface area contributed by atoms with Crippen molar-refractivity contribution in [3.05, 3.63) is 105 Å². The number of hydrogen-bond donors (Lipinski definition) is 2. The van der Waals surface area contributed by atoms with Gasteiger partial charge in [-0.15, -0.1) is 21.5 Å². The van der Waals surface area contributed by atoms with Crippen LogP contribution in [0.1, 0.15) is 64.1 Å². The normalized spacial score (nSPS) is 17.0. The van der Waals surface area contributed by atoms with Crippen LogP contribution in [0.2, 0.25) is 5.02 Å². The topological polar surface area (TPSA) is 117 Å². The molecule has 10 nitrogen and oxygen atoms in total. The highest BCUT2D eigenvalue weighted by Gasteiger charge is 2.33. The molecule has 12 heteroatoms. The molecule has 5 aromatic rings. The fourth-order valence-electron chi connectivity index (χ4n) is 7.16. The van der Waals surface area contributed by atoms with Crippen molar-refractivity contribution < 1.29 is 9.59 Å². The molecule has 8 rings (SSSR count). The number of halogens is 1. The van der Waals surface area contributed by atoms with E-state index >= 15 is 0 Å². The van der Waals surface area contributed by atoms with Crippen molar-refractivity contribution in [2.45, 2.75) is 52.5 Å². The van der Waals surface area contributed by atoms with Gasteiger partial charge in [0.1, 0.15) is 22.7 Å². The highest BCUT2D eigenvalue weighted by atomic mass is 35.5. The van der Waals surface area contributed by atoms with Crippen molar-refractivity contribution in [3.8, 4) is 16.1 Å². The fraction of sp³-hybridized carbons (Fsp3) is 0.316. The zero-order valence-corrected chi connectivity index (χ0v) is 29.7. The van der Waals surface area contributed by atoms with E-state index in [9.17, 15) is 9.59 Å². The van der Waals surface area contributed by atoms with Gasteiger partial charge in [-0.25, -0.2) is 4.98 Å². The molecular formula is C38H37ClN8O2S. The predicted molar refractivity (Wildman–Crippen MR) is 198 cm³/mol. The first-order valence-corrected chi connectivity index (χ1v) is 18.2. The van der Waals surface area contributed by atoms with Crippen LogP contribution in [0.3, 0.4) is 0 Å². The van der Waals surface area contributed by atoms with Crippen LogP contribution in [0.25, 0.3) is 16.1 Å². The lowest BCUT2D eigenvalue weighted by molar-refractivity contribution is -0.121. The smallest absolute Gasteiger partial charge is 0.228 e. The molecule has 2 N–H and O–H groups in total. The number of piperidine rings is 1. The number of carbonyl (C=O) groups excluding carboxylic acids is 2. The van der Waals surface area contributed by atoms with Gasteiger partial charge in [0, 0.05) is 58.1 Å². The molecule has 3 aromatic heterocycles. The zero-order valence-electron chi connectivity index (χ0n) is 28.2. The van der Waals surface area contributed by atoms with E-state index in [1.54, 1.807) is 11.3 Å². The molecule has 0 radical (unpaired) electrons. The number of pyridine rings is 1. The third-order valence-corrected chi connectivity index (χ3v) is 11.5.